The summed E-state index contributed by atoms with van der Waals surface area (Å²) in [6.07, 6.45) is 3.71. The Kier molecular flexibility index (Phi) is 7.45. The zero-order chi connectivity index (χ0) is 21.0. The Hall–Kier alpha value is -1.32. The average molecular weight is 424 g/mol. The van der Waals surface area contributed by atoms with E-state index in [0.717, 1.165) is 29.5 Å². The number of fused-ring (bicyclic) bond motifs is 3. The van der Waals surface area contributed by atoms with Crippen molar-refractivity contribution in [3.05, 3.63) is 26.6 Å². The molecule has 0 spiro atoms. The van der Waals surface area contributed by atoms with Gasteiger partial charge in [-0.2, -0.15) is 0 Å². The molecule has 29 heavy (non-hydrogen) atoms. The minimum atomic E-state index is -0.629. The van der Waals surface area contributed by atoms with Crippen LogP contribution in [0.4, 0.5) is 0 Å². The summed E-state index contributed by atoms with van der Waals surface area (Å²) < 4.78 is 10.9. The number of methoxy groups -OCH3 is 1. The maximum Gasteiger partial charge on any atom is 0.259 e. The maximum absolute atomic E-state index is 12.8. The first-order chi connectivity index (χ1) is 13.8. The quantitative estimate of drug-likeness (QED) is 0.644. The molecule has 2 heterocycles. The van der Waals surface area contributed by atoms with Crippen molar-refractivity contribution in [2.45, 2.75) is 64.7 Å². The molecule has 3 rings (SSSR count). The van der Waals surface area contributed by atoms with Crippen LogP contribution in [0.3, 0.4) is 0 Å². The van der Waals surface area contributed by atoms with Crippen molar-refractivity contribution in [3.63, 3.8) is 0 Å². The number of aromatic nitrogens is 2. The molecule has 2 aromatic heterocycles. The van der Waals surface area contributed by atoms with Crippen molar-refractivity contribution in [2.75, 3.05) is 33.4 Å². The SMILES string of the molecule is COCCN(Cc1nc2sc3c(c2c(=O)[nH]1)CCCC3)C[C@H](O)COC(C)(C)C. The molecule has 8 heteroatoms. The summed E-state index contributed by atoms with van der Waals surface area (Å²) in [5, 5.41) is 11.2. The van der Waals surface area contributed by atoms with E-state index in [4.69, 9.17) is 14.5 Å². The molecule has 7 nitrogen and oxygen atoms in total. The average Bonchev–Trinajstić information content (AvgIpc) is 3.02. The first kappa shape index (κ1) is 22.4. The molecule has 0 aromatic carbocycles. The molecule has 0 saturated heterocycles. The van der Waals surface area contributed by atoms with Crippen molar-refractivity contribution in [1.29, 1.82) is 0 Å². The van der Waals surface area contributed by atoms with Crippen LogP contribution in [0.25, 0.3) is 10.2 Å². The van der Waals surface area contributed by atoms with Gasteiger partial charge in [-0.05, 0) is 52.0 Å². The number of H-pyrrole nitrogens is 1. The first-order valence-corrected chi connectivity index (χ1v) is 11.1. The number of aromatic amines is 1. The lowest BCUT2D eigenvalue weighted by Crippen LogP contribution is -2.38. The molecule has 0 bridgehead atoms. The van der Waals surface area contributed by atoms with Gasteiger partial charge in [0.05, 0.1) is 36.8 Å². The number of nitrogens with zero attached hydrogens (tertiary/aromatic N) is 2. The van der Waals surface area contributed by atoms with Crippen molar-refractivity contribution in [3.8, 4) is 0 Å². The number of rotatable bonds is 9. The molecule has 0 aliphatic heterocycles. The molecule has 0 amide bonds. The van der Waals surface area contributed by atoms with Gasteiger partial charge in [-0.25, -0.2) is 4.98 Å². The van der Waals surface area contributed by atoms with Gasteiger partial charge in [-0.1, -0.05) is 0 Å². The molecule has 0 unspecified atom stereocenters. The standard InChI is InChI=1S/C21H33N3O4S/c1-21(2,3)28-13-14(25)11-24(9-10-27-4)12-17-22-19(26)18-15-7-5-6-8-16(15)29-20(18)23-17/h14,25H,5-13H2,1-4H3,(H,22,23,26)/t14-/m0/s1. The minimum Gasteiger partial charge on any atom is -0.389 e. The van der Waals surface area contributed by atoms with Crippen LogP contribution in [0.1, 0.15) is 49.9 Å². The molecule has 1 aliphatic carbocycles. The fourth-order valence-electron chi connectivity index (χ4n) is 3.65. The molecule has 0 radical (unpaired) electrons. The second-order valence-electron chi connectivity index (χ2n) is 8.71. The van der Waals surface area contributed by atoms with E-state index in [0.29, 0.717) is 32.1 Å². The number of nitrogens with one attached hydrogen (secondary N) is 1. The van der Waals surface area contributed by atoms with E-state index in [2.05, 4.69) is 4.98 Å². The van der Waals surface area contributed by atoms with E-state index >= 15 is 0 Å². The monoisotopic (exact) mass is 423 g/mol. The van der Waals surface area contributed by atoms with Crippen LogP contribution >= 0.6 is 11.3 Å². The van der Waals surface area contributed by atoms with E-state index < -0.39 is 6.10 Å². The van der Waals surface area contributed by atoms with Crippen LogP contribution < -0.4 is 5.56 Å². The van der Waals surface area contributed by atoms with Crippen molar-refractivity contribution in [2.24, 2.45) is 0 Å². The van der Waals surface area contributed by atoms with Gasteiger partial charge in [-0.3, -0.25) is 9.69 Å². The lowest BCUT2D eigenvalue weighted by Gasteiger charge is -2.27. The molecule has 0 fully saturated rings. The van der Waals surface area contributed by atoms with Gasteiger partial charge in [0.25, 0.3) is 5.56 Å². The summed E-state index contributed by atoms with van der Waals surface area (Å²) >= 11 is 1.65. The summed E-state index contributed by atoms with van der Waals surface area (Å²) in [6.45, 7) is 8.19. The van der Waals surface area contributed by atoms with Gasteiger partial charge >= 0.3 is 0 Å². The van der Waals surface area contributed by atoms with Gasteiger partial charge in [0.15, 0.2) is 0 Å². The predicted molar refractivity (Wildman–Crippen MR) is 116 cm³/mol. The predicted octanol–water partition coefficient (Wildman–Crippen LogP) is 2.49. The van der Waals surface area contributed by atoms with Crippen molar-refractivity contribution >= 4 is 21.6 Å². The topological polar surface area (TPSA) is 87.7 Å². The van der Waals surface area contributed by atoms with Crippen LogP contribution in [-0.2, 0) is 28.9 Å². The van der Waals surface area contributed by atoms with Gasteiger partial charge in [0.1, 0.15) is 10.7 Å². The molecule has 2 N–H and O–H groups in total. The third-order valence-corrected chi connectivity index (χ3v) is 6.22. The number of aryl methyl sites for hydroxylation is 2. The second-order valence-corrected chi connectivity index (χ2v) is 9.79. The fraction of sp³-hybridized carbons (Fsp3) is 0.714. The molecular formula is C21H33N3O4S. The number of hydrogen-bond donors (Lipinski definition) is 2. The van der Waals surface area contributed by atoms with Gasteiger partial charge in [0.2, 0.25) is 0 Å². The van der Waals surface area contributed by atoms with Gasteiger partial charge in [0, 0.05) is 25.1 Å². The highest BCUT2D eigenvalue weighted by Gasteiger charge is 2.21. The number of aliphatic hydroxyl groups excluding tert-OH is 1. The zero-order valence-corrected chi connectivity index (χ0v) is 18.7. The number of hydrogen-bond acceptors (Lipinski definition) is 7. The molecule has 2 aromatic rings. The third kappa shape index (κ3) is 6.08. The number of ether oxygens (including phenoxy) is 2. The van der Waals surface area contributed by atoms with E-state index in [-0.39, 0.29) is 17.8 Å². The summed E-state index contributed by atoms with van der Waals surface area (Å²) in [7, 11) is 1.65. The smallest absolute Gasteiger partial charge is 0.259 e. The minimum absolute atomic E-state index is 0.0484. The molecule has 0 saturated carbocycles. The Bertz CT molecular complexity index is 871. The first-order valence-electron chi connectivity index (χ1n) is 10.3. The van der Waals surface area contributed by atoms with Crippen LogP contribution in [0, 0.1) is 0 Å². The van der Waals surface area contributed by atoms with E-state index in [1.54, 1.807) is 18.4 Å². The Balaban J connectivity index is 1.74. The molecule has 1 aliphatic rings. The fourth-order valence-corrected chi connectivity index (χ4v) is 4.93. The van der Waals surface area contributed by atoms with E-state index in [1.165, 1.54) is 16.9 Å². The lowest BCUT2D eigenvalue weighted by molar-refractivity contribution is -0.0578. The highest BCUT2D eigenvalue weighted by molar-refractivity contribution is 7.18. The van der Waals surface area contributed by atoms with Crippen molar-refractivity contribution in [1.82, 2.24) is 14.9 Å². The molecular weight excluding hydrogens is 390 g/mol. The Morgan fingerprint density at radius 2 is 2.07 bits per heavy atom. The van der Waals surface area contributed by atoms with Crippen molar-refractivity contribution < 1.29 is 14.6 Å². The lowest BCUT2D eigenvalue weighted by atomic mass is 9.97. The number of thiophene rings is 1. The zero-order valence-electron chi connectivity index (χ0n) is 17.9. The largest absolute Gasteiger partial charge is 0.389 e. The highest BCUT2D eigenvalue weighted by atomic mass is 32.1. The Labute approximate surface area is 176 Å². The van der Waals surface area contributed by atoms with E-state index in [9.17, 15) is 9.90 Å². The van der Waals surface area contributed by atoms with Crippen LogP contribution in [0.2, 0.25) is 0 Å². The normalized spacial score (nSPS) is 15.8. The Morgan fingerprint density at radius 3 is 2.79 bits per heavy atom. The summed E-state index contributed by atoms with van der Waals surface area (Å²) in [6, 6.07) is 0. The summed E-state index contributed by atoms with van der Waals surface area (Å²) in [5.41, 5.74) is 0.851. The summed E-state index contributed by atoms with van der Waals surface area (Å²) in [5.74, 6) is 0.626. The molecule has 162 valence electrons. The van der Waals surface area contributed by atoms with Gasteiger partial charge in [-0.15, -0.1) is 11.3 Å². The van der Waals surface area contributed by atoms with Crippen LogP contribution in [-0.4, -0.2) is 65.1 Å². The Morgan fingerprint density at radius 1 is 1.31 bits per heavy atom. The maximum atomic E-state index is 12.8. The molecule has 1 atom stereocenters. The second kappa shape index (κ2) is 9.66. The summed E-state index contributed by atoms with van der Waals surface area (Å²) in [4.78, 5) is 24.7. The third-order valence-electron chi connectivity index (χ3n) is 5.04. The van der Waals surface area contributed by atoms with Gasteiger partial charge < -0.3 is 19.6 Å². The highest BCUT2D eigenvalue weighted by Crippen LogP contribution is 2.33. The van der Waals surface area contributed by atoms with Crippen LogP contribution in [0.5, 0.6) is 0 Å². The van der Waals surface area contributed by atoms with E-state index in [1.807, 2.05) is 25.7 Å². The van der Waals surface area contributed by atoms with Crippen LogP contribution in [0.15, 0.2) is 4.79 Å². The number of aliphatic hydroxyl groups is 1.